The number of carbonyl (C=O) groups is 2. The van der Waals surface area contributed by atoms with Crippen molar-refractivity contribution in [2.24, 2.45) is 11.8 Å². The summed E-state index contributed by atoms with van der Waals surface area (Å²) in [6.45, 7) is 1.98. The van der Waals surface area contributed by atoms with Crippen LogP contribution in [-0.4, -0.2) is 56.4 Å². The molecule has 0 unspecified atom stereocenters. The monoisotopic (exact) mass is 415 g/mol. The molecule has 3 atom stereocenters. The number of aryl methyl sites for hydroxylation is 1. The summed E-state index contributed by atoms with van der Waals surface area (Å²) >= 11 is 0. The summed E-state index contributed by atoms with van der Waals surface area (Å²) in [5, 5.41) is 7.40. The number of carbonyl (C=O) groups excluding carboxylic acids is 2. The van der Waals surface area contributed by atoms with Gasteiger partial charge < -0.3 is 14.8 Å². The van der Waals surface area contributed by atoms with Gasteiger partial charge in [-0.15, -0.1) is 0 Å². The number of aromatic nitrogens is 3. The number of likely N-dealkylation sites (tertiary alicyclic amines) is 2. The van der Waals surface area contributed by atoms with E-state index < -0.39 is 0 Å². The zero-order valence-corrected chi connectivity index (χ0v) is 17.3. The molecule has 2 saturated heterocycles. The van der Waals surface area contributed by atoms with E-state index in [-0.39, 0.29) is 29.7 Å². The van der Waals surface area contributed by atoms with Crippen LogP contribution in [0.5, 0.6) is 0 Å². The zero-order valence-electron chi connectivity index (χ0n) is 17.3. The molecule has 7 nitrogen and oxygen atoms in total. The molecule has 2 fully saturated rings. The molecule has 0 bridgehead atoms. The fourth-order valence-electron chi connectivity index (χ4n) is 5.76. The van der Waals surface area contributed by atoms with E-state index in [1.54, 1.807) is 6.20 Å². The number of hydrogen-bond donors (Lipinski definition) is 2. The minimum atomic E-state index is -0.0373. The lowest BCUT2D eigenvalue weighted by atomic mass is 9.89. The number of benzene rings is 1. The smallest absolute Gasteiger partial charge is 0.274 e. The quantitative estimate of drug-likeness (QED) is 0.690. The number of fused-ring (bicyclic) bond motifs is 2. The van der Waals surface area contributed by atoms with Crippen LogP contribution in [-0.2, 0) is 12.8 Å². The Labute approximate surface area is 180 Å². The highest BCUT2D eigenvalue weighted by Gasteiger charge is 2.50. The van der Waals surface area contributed by atoms with Gasteiger partial charge in [0.15, 0.2) is 5.69 Å². The van der Waals surface area contributed by atoms with E-state index >= 15 is 0 Å². The molecule has 158 valence electrons. The van der Waals surface area contributed by atoms with Crippen molar-refractivity contribution in [1.29, 1.82) is 0 Å². The Balaban J connectivity index is 1.29. The van der Waals surface area contributed by atoms with Crippen LogP contribution in [0.25, 0.3) is 0 Å². The van der Waals surface area contributed by atoms with Gasteiger partial charge in [0.05, 0.1) is 6.04 Å². The maximum absolute atomic E-state index is 13.3. The Morgan fingerprint density at radius 2 is 1.84 bits per heavy atom. The number of H-pyrrole nitrogens is 2. The third-order valence-corrected chi connectivity index (χ3v) is 7.19. The molecule has 2 N–H and O–H groups in total. The van der Waals surface area contributed by atoms with Gasteiger partial charge in [-0.2, -0.15) is 5.10 Å². The van der Waals surface area contributed by atoms with E-state index in [9.17, 15) is 9.59 Å². The average Bonchev–Trinajstić information content (AvgIpc) is 3.59. The van der Waals surface area contributed by atoms with E-state index in [0.29, 0.717) is 31.0 Å². The van der Waals surface area contributed by atoms with Gasteiger partial charge in [0.1, 0.15) is 5.69 Å². The Bertz CT molecular complexity index is 1120. The lowest BCUT2D eigenvalue weighted by Crippen LogP contribution is -2.37. The highest BCUT2D eigenvalue weighted by atomic mass is 16.2. The number of hydrogen-bond acceptors (Lipinski definition) is 3. The standard InChI is InChI=1S/C24H25N5O2/c30-23(20-10-5-11-25-20)29-13-16-12-28(14-18(16)22(29)15-6-2-1-3-7-15)24(31)21-17-8-4-9-19(17)26-27-21/h1-3,5-7,10-11,16,18,22,25H,4,8-9,12-14H2,(H,26,27)/t16-,18-,22+/m0/s1. The van der Waals surface area contributed by atoms with E-state index in [1.165, 1.54) is 0 Å². The van der Waals surface area contributed by atoms with Crippen molar-refractivity contribution in [3.8, 4) is 0 Å². The first-order chi connectivity index (χ1) is 15.2. The summed E-state index contributed by atoms with van der Waals surface area (Å²) in [6, 6.07) is 13.9. The van der Waals surface area contributed by atoms with Crippen LogP contribution in [0.15, 0.2) is 48.7 Å². The van der Waals surface area contributed by atoms with Crippen molar-refractivity contribution in [1.82, 2.24) is 25.0 Å². The molecule has 0 spiro atoms. The van der Waals surface area contributed by atoms with Gasteiger partial charge in [0.25, 0.3) is 11.8 Å². The molecule has 1 aliphatic carbocycles. The SMILES string of the molecule is O=C(c1n[nH]c2c1CCC2)N1C[C@H]2CN(C(=O)c3ccc[nH]3)[C@H](c3ccccc3)[C@H]2C1. The number of aromatic amines is 2. The van der Waals surface area contributed by atoms with Gasteiger partial charge in [0, 0.05) is 48.9 Å². The number of nitrogens with zero attached hydrogens (tertiary/aromatic N) is 3. The zero-order chi connectivity index (χ0) is 20.9. The molecular weight excluding hydrogens is 390 g/mol. The van der Waals surface area contributed by atoms with Crippen LogP contribution in [0.4, 0.5) is 0 Å². The Morgan fingerprint density at radius 1 is 0.968 bits per heavy atom. The molecule has 4 heterocycles. The normalized spacial score (nSPS) is 24.5. The third kappa shape index (κ3) is 2.91. The molecule has 2 aromatic heterocycles. The summed E-state index contributed by atoms with van der Waals surface area (Å²) in [5.74, 6) is 0.538. The van der Waals surface area contributed by atoms with Crippen LogP contribution in [0.1, 0.15) is 50.3 Å². The van der Waals surface area contributed by atoms with Crippen molar-refractivity contribution in [2.45, 2.75) is 25.3 Å². The summed E-state index contributed by atoms with van der Waals surface area (Å²) < 4.78 is 0. The summed E-state index contributed by atoms with van der Waals surface area (Å²) in [6.07, 6.45) is 4.77. The predicted molar refractivity (Wildman–Crippen MR) is 115 cm³/mol. The van der Waals surface area contributed by atoms with Crippen LogP contribution >= 0.6 is 0 Å². The highest BCUT2D eigenvalue weighted by molar-refractivity contribution is 5.95. The fourth-order valence-corrected chi connectivity index (χ4v) is 5.76. The Kier molecular flexibility index (Phi) is 4.23. The maximum atomic E-state index is 13.3. The van der Waals surface area contributed by atoms with E-state index in [2.05, 4.69) is 27.3 Å². The molecule has 6 rings (SSSR count). The van der Waals surface area contributed by atoms with E-state index in [0.717, 1.165) is 36.1 Å². The largest absolute Gasteiger partial charge is 0.357 e. The van der Waals surface area contributed by atoms with Gasteiger partial charge in [-0.05, 0) is 37.0 Å². The first-order valence-corrected chi connectivity index (χ1v) is 11.1. The van der Waals surface area contributed by atoms with Crippen LogP contribution < -0.4 is 0 Å². The second-order valence-corrected chi connectivity index (χ2v) is 8.91. The maximum Gasteiger partial charge on any atom is 0.274 e. The molecule has 3 aromatic rings. The van der Waals surface area contributed by atoms with Crippen molar-refractivity contribution < 1.29 is 9.59 Å². The van der Waals surface area contributed by atoms with Gasteiger partial charge in [-0.25, -0.2) is 0 Å². The van der Waals surface area contributed by atoms with Crippen molar-refractivity contribution in [3.63, 3.8) is 0 Å². The molecule has 31 heavy (non-hydrogen) atoms. The molecule has 2 aliphatic heterocycles. The van der Waals surface area contributed by atoms with Crippen molar-refractivity contribution in [2.75, 3.05) is 19.6 Å². The Hall–Kier alpha value is -3.35. The molecule has 7 heteroatoms. The molecular formula is C24H25N5O2. The second-order valence-electron chi connectivity index (χ2n) is 8.91. The minimum Gasteiger partial charge on any atom is -0.357 e. The topological polar surface area (TPSA) is 85.1 Å². The lowest BCUT2D eigenvalue weighted by Gasteiger charge is -2.29. The number of amides is 2. The van der Waals surface area contributed by atoms with Crippen LogP contribution in [0.2, 0.25) is 0 Å². The van der Waals surface area contributed by atoms with Crippen LogP contribution in [0.3, 0.4) is 0 Å². The number of nitrogens with one attached hydrogen (secondary N) is 2. The summed E-state index contributed by atoms with van der Waals surface area (Å²) in [4.78, 5) is 33.6. The molecule has 1 aromatic carbocycles. The molecule has 3 aliphatic rings. The molecule has 2 amide bonds. The van der Waals surface area contributed by atoms with Gasteiger partial charge in [-0.3, -0.25) is 14.7 Å². The highest BCUT2D eigenvalue weighted by Crippen LogP contribution is 2.45. The van der Waals surface area contributed by atoms with Crippen molar-refractivity contribution in [3.05, 3.63) is 76.9 Å². The first-order valence-electron chi connectivity index (χ1n) is 11.1. The van der Waals surface area contributed by atoms with E-state index in [4.69, 9.17) is 0 Å². The van der Waals surface area contributed by atoms with Gasteiger partial charge in [-0.1, -0.05) is 30.3 Å². The summed E-state index contributed by atoms with van der Waals surface area (Å²) in [7, 11) is 0. The number of rotatable bonds is 3. The fraction of sp³-hybridized carbons (Fsp3) is 0.375. The van der Waals surface area contributed by atoms with E-state index in [1.807, 2.05) is 40.1 Å². The molecule has 0 saturated carbocycles. The third-order valence-electron chi connectivity index (χ3n) is 7.19. The average molecular weight is 415 g/mol. The summed E-state index contributed by atoms with van der Waals surface area (Å²) in [5.41, 5.74) is 4.56. The van der Waals surface area contributed by atoms with Gasteiger partial charge in [0.2, 0.25) is 0 Å². The second kappa shape index (κ2) is 7.11. The predicted octanol–water partition coefficient (Wildman–Crippen LogP) is 2.81. The Morgan fingerprint density at radius 3 is 2.65 bits per heavy atom. The van der Waals surface area contributed by atoms with Crippen molar-refractivity contribution >= 4 is 11.8 Å². The minimum absolute atomic E-state index is 0.0243. The molecule has 0 radical (unpaired) electrons. The van der Waals surface area contributed by atoms with Crippen LogP contribution in [0, 0.1) is 11.8 Å². The first kappa shape index (κ1) is 18.4. The van der Waals surface area contributed by atoms with Gasteiger partial charge >= 0.3 is 0 Å². The lowest BCUT2D eigenvalue weighted by molar-refractivity contribution is 0.0671.